The van der Waals surface area contributed by atoms with Crippen LogP contribution in [0, 0.1) is 11.8 Å². The number of carbonyl (C=O) groups is 1. The third-order valence-corrected chi connectivity index (χ3v) is 3.77. The monoisotopic (exact) mass is 274 g/mol. The number of piperazine rings is 1. The molecule has 0 bridgehead atoms. The van der Waals surface area contributed by atoms with Crippen LogP contribution in [-0.4, -0.2) is 37.7 Å². The van der Waals surface area contributed by atoms with Gasteiger partial charge >= 0.3 is 0 Å². The summed E-state index contributed by atoms with van der Waals surface area (Å²) < 4.78 is 5.36. The molecule has 1 amide bonds. The zero-order valence-corrected chi connectivity index (χ0v) is 12.4. The molecule has 0 aromatic heterocycles. The molecule has 2 rings (SSSR count). The first-order chi connectivity index (χ1) is 8.16. The normalized spacial score (nSPS) is 29.8. The molecule has 2 atom stereocenters. The standard InChI is InChI=1S/C13H24N2O2.H2S/c1-9(2)7-11-13(16)15-12(8-14-11)10-3-5-17-6-4-10;/h9-12,14H,3-8H2,1-2H3,(H,15,16);1H2/t11-,12?;/m0./s1. The summed E-state index contributed by atoms with van der Waals surface area (Å²) in [4.78, 5) is 12.0. The molecule has 4 nitrogen and oxygen atoms in total. The molecular weight excluding hydrogens is 248 g/mol. The van der Waals surface area contributed by atoms with Gasteiger partial charge in [0.15, 0.2) is 0 Å². The van der Waals surface area contributed by atoms with E-state index in [2.05, 4.69) is 24.5 Å². The third kappa shape index (κ3) is 4.14. The molecule has 2 aliphatic heterocycles. The molecule has 0 radical (unpaired) electrons. The van der Waals surface area contributed by atoms with E-state index in [1.807, 2.05) is 0 Å². The van der Waals surface area contributed by atoms with E-state index in [-0.39, 0.29) is 25.4 Å². The Morgan fingerprint density at radius 2 is 2.00 bits per heavy atom. The molecule has 2 N–H and O–H groups in total. The average molecular weight is 274 g/mol. The average Bonchev–Trinajstić information content (AvgIpc) is 2.32. The minimum absolute atomic E-state index is 0. The zero-order chi connectivity index (χ0) is 12.3. The highest BCUT2D eigenvalue weighted by Gasteiger charge is 2.32. The van der Waals surface area contributed by atoms with Crippen molar-refractivity contribution in [1.29, 1.82) is 0 Å². The van der Waals surface area contributed by atoms with Gasteiger partial charge in [-0.3, -0.25) is 4.79 Å². The van der Waals surface area contributed by atoms with Crippen LogP contribution in [0.4, 0.5) is 0 Å². The number of carbonyl (C=O) groups excluding carboxylic acids is 1. The van der Waals surface area contributed by atoms with Crippen molar-refractivity contribution in [3.05, 3.63) is 0 Å². The van der Waals surface area contributed by atoms with E-state index in [1.54, 1.807) is 0 Å². The lowest BCUT2D eigenvalue weighted by atomic mass is 9.89. The first-order valence-corrected chi connectivity index (χ1v) is 6.78. The molecular formula is C13H26N2O2S. The first kappa shape index (κ1) is 15.8. The van der Waals surface area contributed by atoms with Gasteiger partial charge in [-0.1, -0.05) is 13.8 Å². The number of hydrogen-bond donors (Lipinski definition) is 2. The Morgan fingerprint density at radius 1 is 1.33 bits per heavy atom. The fourth-order valence-electron chi connectivity index (χ4n) is 2.76. The van der Waals surface area contributed by atoms with Gasteiger partial charge in [-0.05, 0) is 31.1 Å². The van der Waals surface area contributed by atoms with Gasteiger partial charge in [0.1, 0.15) is 0 Å². The molecule has 106 valence electrons. The molecule has 0 aromatic rings. The van der Waals surface area contributed by atoms with Gasteiger partial charge in [0, 0.05) is 25.8 Å². The van der Waals surface area contributed by atoms with E-state index in [9.17, 15) is 4.79 Å². The highest BCUT2D eigenvalue weighted by atomic mass is 32.1. The van der Waals surface area contributed by atoms with Crippen molar-refractivity contribution in [2.75, 3.05) is 19.8 Å². The van der Waals surface area contributed by atoms with E-state index in [4.69, 9.17) is 4.74 Å². The summed E-state index contributed by atoms with van der Waals surface area (Å²) in [5.41, 5.74) is 0. The van der Waals surface area contributed by atoms with Gasteiger partial charge in [0.05, 0.1) is 6.04 Å². The zero-order valence-electron chi connectivity index (χ0n) is 11.4. The molecule has 2 saturated heterocycles. The second kappa shape index (κ2) is 7.36. The summed E-state index contributed by atoms with van der Waals surface area (Å²) in [5.74, 6) is 1.32. The summed E-state index contributed by atoms with van der Waals surface area (Å²) in [6.45, 7) is 6.89. The Hall–Kier alpha value is -0.260. The molecule has 1 unspecified atom stereocenters. The van der Waals surface area contributed by atoms with Crippen LogP contribution in [0.15, 0.2) is 0 Å². The van der Waals surface area contributed by atoms with E-state index >= 15 is 0 Å². The Kier molecular flexibility index (Phi) is 6.46. The second-order valence-corrected chi connectivity index (χ2v) is 5.66. The number of amides is 1. The Morgan fingerprint density at radius 3 is 2.56 bits per heavy atom. The molecule has 0 aromatic carbocycles. The molecule has 2 aliphatic rings. The number of rotatable bonds is 3. The van der Waals surface area contributed by atoms with Gasteiger partial charge in [-0.2, -0.15) is 13.5 Å². The fourth-order valence-corrected chi connectivity index (χ4v) is 2.76. The van der Waals surface area contributed by atoms with Crippen LogP contribution >= 0.6 is 13.5 Å². The van der Waals surface area contributed by atoms with Crippen molar-refractivity contribution in [2.24, 2.45) is 11.8 Å². The molecule has 2 fully saturated rings. The lowest BCUT2D eigenvalue weighted by Gasteiger charge is -2.37. The van der Waals surface area contributed by atoms with Gasteiger partial charge in [-0.25, -0.2) is 0 Å². The largest absolute Gasteiger partial charge is 0.381 e. The summed E-state index contributed by atoms with van der Waals surface area (Å²) in [7, 11) is 0. The van der Waals surface area contributed by atoms with Crippen LogP contribution < -0.4 is 10.6 Å². The van der Waals surface area contributed by atoms with Crippen molar-refractivity contribution in [2.45, 2.75) is 45.2 Å². The number of nitrogens with one attached hydrogen (secondary N) is 2. The minimum Gasteiger partial charge on any atom is -0.381 e. The van der Waals surface area contributed by atoms with Crippen molar-refractivity contribution < 1.29 is 9.53 Å². The second-order valence-electron chi connectivity index (χ2n) is 5.66. The molecule has 0 aliphatic carbocycles. The lowest BCUT2D eigenvalue weighted by molar-refractivity contribution is -0.126. The van der Waals surface area contributed by atoms with Crippen LogP contribution in [-0.2, 0) is 9.53 Å². The highest BCUT2D eigenvalue weighted by molar-refractivity contribution is 7.59. The summed E-state index contributed by atoms with van der Waals surface area (Å²) in [6.07, 6.45) is 3.06. The van der Waals surface area contributed by atoms with Crippen molar-refractivity contribution in [3.8, 4) is 0 Å². The Bertz CT molecular complexity index is 268. The van der Waals surface area contributed by atoms with E-state index in [0.29, 0.717) is 17.9 Å². The maximum atomic E-state index is 12.0. The fraction of sp³-hybridized carbons (Fsp3) is 0.923. The van der Waals surface area contributed by atoms with Crippen molar-refractivity contribution >= 4 is 19.4 Å². The third-order valence-electron chi connectivity index (χ3n) is 3.77. The lowest BCUT2D eigenvalue weighted by Crippen LogP contribution is -2.61. The Labute approximate surface area is 117 Å². The van der Waals surface area contributed by atoms with E-state index in [0.717, 1.165) is 39.0 Å². The van der Waals surface area contributed by atoms with Crippen molar-refractivity contribution in [3.63, 3.8) is 0 Å². The van der Waals surface area contributed by atoms with Crippen LogP contribution in [0.3, 0.4) is 0 Å². The number of hydrogen-bond acceptors (Lipinski definition) is 3. The molecule has 0 spiro atoms. The van der Waals surface area contributed by atoms with Crippen LogP contribution in [0.2, 0.25) is 0 Å². The predicted octanol–water partition coefficient (Wildman–Crippen LogP) is 1.03. The SMILES string of the molecule is CC(C)C[C@@H]1NCC(C2CCOCC2)NC1=O.S. The van der Waals surface area contributed by atoms with E-state index < -0.39 is 0 Å². The van der Waals surface area contributed by atoms with Gasteiger partial charge in [0.2, 0.25) is 5.91 Å². The van der Waals surface area contributed by atoms with E-state index in [1.165, 1.54) is 0 Å². The summed E-state index contributed by atoms with van der Waals surface area (Å²) in [5, 5.41) is 6.58. The van der Waals surface area contributed by atoms with Crippen LogP contribution in [0.1, 0.15) is 33.1 Å². The first-order valence-electron chi connectivity index (χ1n) is 6.78. The predicted molar refractivity (Wildman–Crippen MR) is 77.1 cm³/mol. The molecule has 2 heterocycles. The van der Waals surface area contributed by atoms with Gasteiger partial charge in [-0.15, -0.1) is 0 Å². The van der Waals surface area contributed by atoms with Gasteiger partial charge < -0.3 is 15.4 Å². The Balaban J connectivity index is 0.00000162. The van der Waals surface area contributed by atoms with Crippen molar-refractivity contribution in [1.82, 2.24) is 10.6 Å². The highest BCUT2D eigenvalue weighted by Crippen LogP contribution is 2.20. The van der Waals surface area contributed by atoms with Gasteiger partial charge in [0.25, 0.3) is 0 Å². The molecule has 18 heavy (non-hydrogen) atoms. The summed E-state index contributed by atoms with van der Waals surface area (Å²) >= 11 is 0. The molecule has 5 heteroatoms. The maximum absolute atomic E-state index is 12.0. The maximum Gasteiger partial charge on any atom is 0.237 e. The minimum atomic E-state index is 0. The number of ether oxygens (including phenoxy) is 1. The topological polar surface area (TPSA) is 50.4 Å². The quantitative estimate of drug-likeness (QED) is 0.808. The molecule has 0 saturated carbocycles. The smallest absolute Gasteiger partial charge is 0.237 e. The van der Waals surface area contributed by atoms with Crippen LogP contribution in [0.25, 0.3) is 0 Å². The van der Waals surface area contributed by atoms with Crippen LogP contribution in [0.5, 0.6) is 0 Å². The summed E-state index contributed by atoms with van der Waals surface area (Å²) in [6, 6.07) is 0.306.